The maximum absolute atomic E-state index is 5.88. The van der Waals surface area contributed by atoms with E-state index in [0.29, 0.717) is 6.61 Å². The van der Waals surface area contributed by atoms with Crippen LogP contribution in [0.1, 0.15) is 16.0 Å². The van der Waals surface area contributed by atoms with Gasteiger partial charge < -0.3 is 10.5 Å². The fourth-order valence-corrected chi connectivity index (χ4v) is 3.01. The largest absolute Gasteiger partial charge is 0.487 e. The molecule has 0 aliphatic rings. The van der Waals surface area contributed by atoms with Gasteiger partial charge >= 0.3 is 0 Å². The molecule has 1 heterocycles. The van der Waals surface area contributed by atoms with Crippen molar-refractivity contribution >= 4 is 33.0 Å². The Kier molecular flexibility index (Phi) is 3.74. The van der Waals surface area contributed by atoms with Crippen LogP contribution < -0.4 is 10.5 Å². The highest BCUT2D eigenvalue weighted by atomic mass is 79.9. The van der Waals surface area contributed by atoms with E-state index in [-0.39, 0.29) is 0 Å². The van der Waals surface area contributed by atoms with Crippen molar-refractivity contribution in [3.05, 3.63) is 44.1 Å². The van der Waals surface area contributed by atoms with Gasteiger partial charge in [0.15, 0.2) is 0 Å². The average Bonchev–Trinajstić information content (AvgIpc) is 2.70. The maximum atomic E-state index is 5.88. The fourth-order valence-electron chi connectivity index (χ4n) is 1.63. The number of aryl methyl sites for hydroxylation is 1. The second kappa shape index (κ2) is 5.10. The number of nitrogen functional groups attached to an aromatic ring is 1. The lowest BCUT2D eigenvalue weighted by Gasteiger charge is -2.13. The van der Waals surface area contributed by atoms with Gasteiger partial charge in [-0.15, -0.1) is 11.3 Å². The lowest BCUT2D eigenvalue weighted by atomic mass is 10.1. The molecule has 0 spiro atoms. The quantitative estimate of drug-likeness (QED) is 0.858. The third kappa shape index (κ3) is 2.64. The Hall–Kier alpha value is -1.00. The Bertz CT molecular complexity index is 536. The van der Waals surface area contributed by atoms with Crippen LogP contribution in [0.15, 0.2) is 28.1 Å². The summed E-state index contributed by atoms with van der Waals surface area (Å²) in [5, 5.41) is 2.04. The van der Waals surface area contributed by atoms with E-state index >= 15 is 0 Å². The van der Waals surface area contributed by atoms with Crippen molar-refractivity contribution in [3.8, 4) is 5.75 Å². The predicted molar refractivity (Wildman–Crippen MR) is 76.7 cm³/mol. The summed E-state index contributed by atoms with van der Waals surface area (Å²) < 4.78 is 6.97. The summed E-state index contributed by atoms with van der Waals surface area (Å²) in [5.74, 6) is 0.894. The van der Waals surface area contributed by atoms with Crippen LogP contribution in [-0.4, -0.2) is 0 Å². The molecule has 0 fully saturated rings. The Morgan fingerprint density at radius 3 is 2.71 bits per heavy atom. The highest BCUT2D eigenvalue weighted by Crippen LogP contribution is 2.30. The van der Waals surface area contributed by atoms with Gasteiger partial charge in [-0.3, -0.25) is 0 Å². The van der Waals surface area contributed by atoms with E-state index in [1.54, 1.807) is 11.3 Å². The van der Waals surface area contributed by atoms with Crippen LogP contribution in [0.5, 0.6) is 5.75 Å². The molecular weight excluding hydrogens is 298 g/mol. The Balaban J connectivity index is 2.20. The van der Waals surface area contributed by atoms with Gasteiger partial charge in [0.05, 0.1) is 4.88 Å². The number of rotatable bonds is 3. The SMILES string of the molecule is Cc1ccc(N)c(C)c1OCc1sccc1Br. The Morgan fingerprint density at radius 1 is 1.29 bits per heavy atom. The monoisotopic (exact) mass is 311 g/mol. The van der Waals surface area contributed by atoms with Gasteiger partial charge in [0.25, 0.3) is 0 Å². The molecular formula is C13H14BrNOS. The number of thiophene rings is 1. The molecule has 2 N–H and O–H groups in total. The molecule has 0 aliphatic heterocycles. The molecule has 90 valence electrons. The molecule has 0 atom stereocenters. The summed E-state index contributed by atoms with van der Waals surface area (Å²) in [6, 6.07) is 5.93. The summed E-state index contributed by atoms with van der Waals surface area (Å²) in [5.41, 5.74) is 8.78. The number of nitrogens with two attached hydrogens (primary N) is 1. The van der Waals surface area contributed by atoms with Crippen molar-refractivity contribution in [2.75, 3.05) is 5.73 Å². The highest BCUT2D eigenvalue weighted by Gasteiger charge is 2.08. The van der Waals surface area contributed by atoms with E-state index in [2.05, 4.69) is 15.9 Å². The summed E-state index contributed by atoms with van der Waals surface area (Å²) >= 11 is 5.18. The van der Waals surface area contributed by atoms with Gasteiger partial charge in [-0.1, -0.05) is 6.07 Å². The van der Waals surface area contributed by atoms with Gasteiger partial charge in [0.2, 0.25) is 0 Å². The first kappa shape index (κ1) is 12.5. The van der Waals surface area contributed by atoms with E-state index < -0.39 is 0 Å². The second-order valence-electron chi connectivity index (χ2n) is 3.91. The van der Waals surface area contributed by atoms with Crippen molar-refractivity contribution in [1.29, 1.82) is 0 Å². The van der Waals surface area contributed by atoms with Crippen molar-refractivity contribution in [1.82, 2.24) is 0 Å². The molecule has 4 heteroatoms. The minimum atomic E-state index is 0.573. The molecule has 0 amide bonds. The van der Waals surface area contributed by atoms with Crippen LogP contribution in [0.4, 0.5) is 5.69 Å². The van der Waals surface area contributed by atoms with Crippen molar-refractivity contribution in [3.63, 3.8) is 0 Å². The first-order valence-corrected chi connectivity index (χ1v) is 6.97. The van der Waals surface area contributed by atoms with Crippen LogP contribution in [0.2, 0.25) is 0 Å². The maximum Gasteiger partial charge on any atom is 0.127 e. The normalized spacial score (nSPS) is 10.5. The molecule has 2 aromatic rings. The zero-order valence-corrected chi connectivity index (χ0v) is 12.2. The molecule has 0 radical (unpaired) electrons. The van der Waals surface area contributed by atoms with Gasteiger partial charge in [-0.05, 0) is 52.9 Å². The van der Waals surface area contributed by atoms with Gasteiger partial charge in [-0.25, -0.2) is 0 Å². The lowest BCUT2D eigenvalue weighted by Crippen LogP contribution is -2.00. The number of benzene rings is 1. The Labute approximate surface area is 114 Å². The van der Waals surface area contributed by atoms with Crippen molar-refractivity contribution in [2.45, 2.75) is 20.5 Å². The van der Waals surface area contributed by atoms with E-state index in [9.17, 15) is 0 Å². The first-order valence-electron chi connectivity index (χ1n) is 5.30. The zero-order valence-electron chi connectivity index (χ0n) is 9.79. The van der Waals surface area contributed by atoms with Crippen molar-refractivity contribution < 1.29 is 4.74 Å². The summed E-state index contributed by atoms with van der Waals surface area (Å²) in [7, 11) is 0. The highest BCUT2D eigenvalue weighted by molar-refractivity contribution is 9.10. The van der Waals surface area contributed by atoms with Crippen LogP contribution in [0, 0.1) is 13.8 Å². The van der Waals surface area contributed by atoms with Crippen LogP contribution in [-0.2, 0) is 6.61 Å². The standard InChI is InChI=1S/C13H14BrNOS/c1-8-3-4-11(15)9(2)13(8)16-7-12-10(14)5-6-17-12/h3-6H,7,15H2,1-2H3. The second-order valence-corrected chi connectivity index (χ2v) is 5.76. The predicted octanol–water partition coefficient (Wildman–Crippen LogP) is 4.29. The minimum absolute atomic E-state index is 0.573. The van der Waals surface area contributed by atoms with E-state index in [1.807, 2.05) is 37.4 Å². The van der Waals surface area contributed by atoms with Gasteiger partial charge in [-0.2, -0.15) is 0 Å². The molecule has 0 unspecified atom stereocenters. The number of halogens is 1. The third-order valence-electron chi connectivity index (χ3n) is 2.68. The van der Waals surface area contributed by atoms with Crippen LogP contribution in [0.3, 0.4) is 0 Å². The van der Waals surface area contributed by atoms with E-state index in [1.165, 1.54) is 4.88 Å². The molecule has 2 nitrogen and oxygen atoms in total. The van der Waals surface area contributed by atoms with E-state index in [4.69, 9.17) is 10.5 Å². The van der Waals surface area contributed by atoms with Crippen LogP contribution in [0.25, 0.3) is 0 Å². The van der Waals surface area contributed by atoms with Crippen molar-refractivity contribution in [2.24, 2.45) is 0 Å². The van der Waals surface area contributed by atoms with Gasteiger partial charge in [0, 0.05) is 15.7 Å². The summed E-state index contributed by atoms with van der Waals surface area (Å²) in [4.78, 5) is 1.19. The summed E-state index contributed by atoms with van der Waals surface area (Å²) in [6.45, 7) is 4.59. The van der Waals surface area contributed by atoms with E-state index in [0.717, 1.165) is 27.0 Å². The van der Waals surface area contributed by atoms with Gasteiger partial charge in [0.1, 0.15) is 12.4 Å². The minimum Gasteiger partial charge on any atom is -0.487 e. The molecule has 1 aromatic heterocycles. The molecule has 0 bridgehead atoms. The number of hydrogen-bond acceptors (Lipinski definition) is 3. The molecule has 17 heavy (non-hydrogen) atoms. The smallest absolute Gasteiger partial charge is 0.127 e. The molecule has 0 aliphatic carbocycles. The number of anilines is 1. The number of hydrogen-bond donors (Lipinski definition) is 1. The van der Waals surface area contributed by atoms with Crippen LogP contribution >= 0.6 is 27.3 Å². The Morgan fingerprint density at radius 2 is 2.06 bits per heavy atom. The molecule has 2 rings (SSSR count). The lowest BCUT2D eigenvalue weighted by molar-refractivity contribution is 0.305. The molecule has 0 saturated carbocycles. The third-order valence-corrected chi connectivity index (χ3v) is 4.58. The topological polar surface area (TPSA) is 35.2 Å². The summed E-state index contributed by atoms with van der Waals surface area (Å²) in [6.07, 6.45) is 0. The number of ether oxygens (including phenoxy) is 1. The first-order chi connectivity index (χ1) is 8.09. The molecule has 0 saturated heterocycles. The zero-order chi connectivity index (χ0) is 12.4. The fraction of sp³-hybridized carbons (Fsp3) is 0.231. The average molecular weight is 312 g/mol. The molecule has 1 aromatic carbocycles.